The highest BCUT2D eigenvalue weighted by molar-refractivity contribution is 6.05. The van der Waals surface area contributed by atoms with E-state index in [9.17, 15) is 9.59 Å². The van der Waals surface area contributed by atoms with Crippen LogP contribution in [-0.4, -0.2) is 28.2 Å². The predicted molar refractivity (Wildman–Crippen MR) is 92.1 cm³/mol. The lowest BCUT2D eigenvalue weighted by Gasteiger charge is -2.18. The number of anilines is 2. The Morgan fingerprint density at radius 3 is 2.80 bits per heavy atom. The summed E-state index contributed by atoms with van der Waals surface area (Å²) in [4.78, 5) is 23.8. The van der Waals surface area contributed by atoms with Gasteiger partial charge in [-0.25, -0.2) is 4.68 Å². The van der Waals surface area contributed by atoms with Crippen LogP contribution in [0.4, 0.5) is 11.4 Å². The maximum atomic E-state index is 12.4. The van der Waals surface area contributed by atoms with Gasteiger partial charge in [0.15, 0.2) is 6.61 Å². The number of hydrogen-bond donors (Lipinski definition) is 2. The molecular weight excluding hydrogens is 320 g/mol. The number of rotatable bonds is 3. The lowest BCUT2D eigenvalue weighted by Crippen LogP contribution is -2.25. The molecule has 2 heterocycles. The van der Waals surface area contributed by atoms with E-state index >= 15 is 0 Å². The molecule has 2 aromatic carbocycles. The second kappa shape index (κ2) is 6.12. The van der Waals surface area contributed by atoms with Gasteiger partial charge in [-0.15, -0.1) is 0 Å². The van der Waals surface area contributed by atoms with Crippen molar-refractivity contribution in [1.29, 1.82) is 0 Å². The third-order valence-electron chi connectivity index (χ3n) is 3.77. The quantitative estimate of drug-likeness (QED) is 0.770. The van der Waals surface area contributed by atoms with Crippen molar-refractivity contribution in [2.75, 3.05) is 17.2 Å². The number of nitrogens with zero attached hydrogens (tertiary/aromatic N) is 2. The molecule has 7 heteroatoms. The zero-order valence-corrected chi connectivity index (χ0v) is 13.1. The maximum Gasteiger partial charge on any atom is 0.262 e. The van der Waals surface area contributed by atoms with Gasteiger partial charge in [0.2, 0.25) is 0 Å². The number of fused-ring (bicyclic) bond motifs is 1. The smallest absolute Gasteiger partial charge is 0.262 e. The molecule has 1 aliphatic heterocycles. The van der Waals surface area contributed by atoms with Gasteiger partial charge in [-0.05, 0) is 48.5 Å². The lowest BCUT2D eigenvalue weighted by atomic mass is 10.1. The number of aromatic nitrogens is 2. The molecule has 0 saturated heterocycles. The van der Waals surface area contributed by atoms with Crippen LogP contribution >= 0.6 is 0 Å². The fourth-order valence-electron chi connectivity index (χ4n) is 2.55. The Labute approximate surface area is 143 Å². The van der Waals surface area contributed by atoms with Gasteiger partial charge in [-0.3, -0.25) is 9.59 Å². The number of amides is 2. The molecule has 0 spiro atoms. The number of ether oxygens (including phenoxy) is 1. The highest BCUT2D eigenvalue weighted by Gasteiger charge is 2.16. The minimum atomic E-state index is -0.241. The first kappa shape index (κ1) is 14.9. The average molecular weight is 334 g/mol. The topological polar surface area (TPSA) is 85.2 Å². The number of hydrogen-bond acceptors (Lipinski definition) is 4. The molecule has 0 unspecified atom stereocenters. The molecule has 2 N–H and O–H groups in total. The van der Waals surface area contributed by atoms with Gasteiger partial charge in [-0.1, -0.05) is 0 Å². The zero-order valence-electron chi connectivity index (χ0n) is 13.1. The summed E-state index contributed by atoms with van der Waals surface area (Å²) in [5.74, 6) is 0.126. The molecule has 0 atom stereocenters. The summed E-state index contributed by atoms with van der Waals surface area (Å²) >= 11 is 0. The molecule has 0 saturated carbocycles. The van der Waals surface area contributed by atoms with Crippen molar-refractivity contribution in [2.24, 2.45) is 0 Å². The van der Waals surface area contributed by atoms with Crippen LogP contribution in [0.25, 0.3) is 5.69 Å². The Morgan fingerprint density at radius 1 is 1.20 bits per heavy atom. The van der Waals surface area contributed by atoms with Crippen molar-refractivity contribution in [3.8, 4) is 11.4 Å². The molecular formula is C18H14N4O3. The Balaban J connectivity index is 1.50. The van der Waals surface area contributed by atoms with Gasteiger partial charge in [0.05, 0.1) is 11.4 Å². The van der Waals surface area contributed by atoms with E-state index in [2.05, 4.69) is 15.7 Å². The summed E-state index contributed by atoms with van der Waals surface area (Å²) in [7, 11) is 0. The van der Waals surface area contributed by atoms with E-state index in [0.717, 1.165) is 5.69 Å². The first-order chi connectivity index (χ1) is 12.2. The van der Waals surface area contributed by atoms with Crippen molar-refractivity contribution in [1.82, 2.24) is 9.78 Å². The third-order valence-corrected chi connectivity index (χ3v) is 3.77. The molecule has 1 aliphatic rings. The van der Waals surface area contributed by atoms with Crippen molar-refractivity contribution in [3.63, 3.8) is 0 Å². The van der Waals surface area contributed by atoms with Crippen LogP contribution in [0.5, 0.6) is 5.75 Å². The van der Waals surface area contributed by atoms with Crippen LogP contribution < -0.4 is 15.4 Å². The molecule has 2 amide bonds. The largest absolute Gasteiger partial charge is 0.482 e. The zero-order chi connectivity index (χ0) is 17.2. The van der Waals surface area contributed by atoms with E-state index in [0.29, 0.717) is 22.7 Å². The fraction of sp³-hybridized carbons (Fsp3) is 0.0556. The second-order valence-corrected chi connectivity index (χ2v) is 5.50. The van der Waals surface area contributed by atoms with Crippen LogP contribution in [0.2, 0.25) is 0 Å². The SMILES string of the molecule is O=C1COc2ccc(NC(=O)c3ccc(-n4cccn4)cc3)cc2N1. The standard InChI is InChI=1S/C18H14N4O3/c23-17-11-25-16-7-4-13(10-15(16)21-17)20-18(24)12-2-5-14(6-3-12)22-9-1-8-19-22/h1-10H,11H2,(H,20,24)(H,21,23). The van der Waals surface area contributed by atoms with Gasteiger partial charge in [0, 0.05) is 23.6 Å². The Hall–Kier alpha value is -3.61. The van der Waals surface area contributed by atoms with Crippen molar-refractivity contribution in [2.45, 2.75) is 0 Å². The van der Waals surface area contributed by atoms with Gasteiger partial charge < -0.3 is 15.4 Å². The lowest BCUT2D eigenvalue weighted by molar-refractivity contribution is -0.118. The number of carbonyl (C=O) groups is 2. The second-order valence-electron chi connectivity index (χ2n) is 5.50. The summed E-state index contributed by atoms with van der Waals surface area (Å²) in [5, 5.41) is 9.67. The van der Waals surface area contributed by atoms with Gasteiger partial charge in [0.25, 0.3) is 11.8 Å². The van der Waals surface area contributed by atoms with E-state index in [4.69, 9.17) is 4.74 Å². The first-order valence-corrected chi connectivity index (χ1v) is 7.67. The minimum Gasteiger partial charge on any atom is -0.482 e. The summed E-state index contributed by atoms with van der Waals surface area (Å²) in [6.07, 6.45) is 3.53. The summed E-state index contributed by atoms with van der Waals surface area (Å²) in [5.41, 5.74) is 2.51. The van der Waals surface area contributed by atoms with E-state index in [-0.39, 0.29) is 18.4 Å². The summed E-state index contributed by atoms with van der Waals surface area (Å²) in [6.45, 7) is 0.00130. The number of carbonyl (C=O) groups excluding carboxylic acids is 2. The van der Waals surface area contributed by atoms with Crippen LogP contribution in [0.1, 0.15) is 10.4 Å². The third kappa shape index (κ3) is 3.07. The average Bonchev–Trinajstić information content (AvgIpc) is 3.16. The molecule has 0 bridgehead atoms. The molecule has 25 heavy (non-hydrogen) atoms. The normalized spacial score (nSPS) is 12.7. The van der Waals surface area contributed by atoms with E-state index in [1.807, 2.05) is 24.4 Å². The van der Waals surface area contributed by atoms with E-state index in [1.54, 1.807) is 41.2 Å². The van der Waals surface area contributed by atoms with E-state index < -0.39 is 0 Å². The highest BCUT2D eigenvalue weighted by Crippen LogP contribution is 2.30. The predicted octanol–water partition coefficient (Wildman–Crippen LogP) is 2.46. The minimum absolute atomic E-state index is 0.00130. The van der Waals surface area contributed by atoms with Crippen LogP contribution in [-0.2, 0) is 4.79 Å². The summed E-state index contributed by atoms with van der Waals surface area (Å²) < 4.78 is 7.01. The molecule has 3 aromatic rings. The maximum absolute atomic E-state index is 12.4. The van der Waals surface area contributed by atoms with Crippen LogP contribution in [0.15, 0.2) is 60.9 Å². The van der Waals surface area contributed by atoms with Crippen molar-refractivity contribution in [3.05, 3.63) is 66.5 Å². The molecule has 1 aromatic heterocycles. The first-order valence-electron chi connectivity index (χ1n) is 7.67. The van der Waals surface area contributed by atoms with Crippen LogP contribution in [0, 0.1) is 0 Å². The summed E-state index contributed by atoms with van der Waals surface area (Å²) in [6, 6.07) is 14.1. The van der Waals surface area contributed by atoms with Crippen molar-refractivity contribution < 1.29 is 14.3 Å². The van der Waals surface area contributed by atoms with Crippen LogP contribution in [0.3, 0.4) is 0 Å². The number of benzene rings is 2. The van der Waals surface area contributed by atoms with Gasteiger partial charge in [0.1, 0.15) is 5.75 Å². The molecule has 7 nitrogen and oxygen atoms in total. The van der Waals surface area contributed by atoms with E-state index in [1.165, 1.54) is 0 Å². The Kier molecular flexibility index (Phi) is 3.66. The van der Waals surface area contributed by atoms with Crippen molar-refractivity contribution >= 4 is 23.2 Å². The monoisotopic (exact) mass is 334 g/mol. The highest BCUT2D eigenvalue weighted by atomic mass is 16.5. The molecule has 0 fully saturated rings. The molecule has 124 valence electrons. The Morgan fingerprint density at radius 2 is 2.04 bits per heavy atom. The molecule has 0 aliphatic carbocycles. The molecule has 0 radical (unpaired) electrons. The van der Waals surface area contributed by atoms with Gasteiger partial charge >= 0.3 is 0 Å². The Bertz CT molecular complexity index is 933. The van der Waals surface area contributed by atoms with Gasteiger partial charge in [-0.2, -0.15) is 5.10 Å². The number of nitrogens with one attached hydrogen (secondary N) is 2. The fourth-order valence-corrected chi connectivity index (χ4v) is 2.55. The molecule has 4 rings (SSSR count).